The summed E-state index contributed by atoms with van der Waals surface area (Å²) in [5.74, 6) is 1.31. The van der Waals surface area contributed by atoms with Crippen LogP contribution in [0.4, 0.5) is 0 Å². The largest absolute Gasteiger partial charge is 1.00 e. The van der Waals surface area contributed by atoms with Crippen LogP contribution in [0.3, 0.4) is 0 Å². The summed E-state index contributed by atoms with van der Waals surface area (Å²) in [6, 6.07) is 8.74. The van der Waals surface area contributed by atoms with E-state index in [1.807, 2.05) is 0 Å². The predicted octanol–water partition coefficient (Wildman–Crippen LogP) is -0.366. The molecule has 2 bridgehead atoms. The van der Waals surface area contributed by atoms with E-state index in [9.17, 15) is 0 Å². The van der Waals surface area contributed by atoms with Gasteiger partial charge < -0.3 is 6.08 Å². The second-order valence-electron chi connectivity index (χ2n) is 3.36. The van der Waals surface area contributed by atoms with Crippen LogP contribution >= 0.6 is 0 Å². The minimum absolute atomic E-state index is 0. The maximum Gasteiger partial charge on any atom is 1.00 e. The van der Waals surface area contributed by atoms with Crippen molar-refractivity contribution >= 4 is 0 Å². The van der Waals surface area contributed by atoms with E-state index < -0.39 is 0 Å². The van der Waals surface area contributed by atoms with Crippen LogP contribution in [0.15, 0.2) is 30.3 Å². The molecule has 1 heteroatoms. The molecule has 1 aromatic carbocycles. The van der Waals surface area contributed by atoms with Crippen molar-refractivity contribution in [2.45, 2.75) is 18.3 Å². The first kappa shape index (κ1) is 8.17. The minimum Gasteiger partial charge on any atom is -0.492 e. The third-order valence-electron chi connectivity index (χ3n) is 2.76. The number of fused-ring (bicyclic) bond motifs is 5. The molecule has 0 N–H and O–H groups in total. The summed E-state index contributed by atoms with van der Waals surface area (Å²) in [5, 5.41) is 0. The van der Waals surface area contributed by atoms with E-state index in [4.69, 9.17) is 0 Å². The van der Waals surface area contributed by atoms with Crippen molar-refractivity contribution in [1.29, 1.82) is 0 Å². The molecule has 0 aliphatic heterocycles. The zero-order valence-corrected chi connectivity index (χ0v) is 7.25. The van der Waals surface area contributed by atoms with Gasteiger partial charge in [0.15, 0.2) is 0 Å². The molecule has 0 saturated carbocycles. The van der Waals surface area contributed by atoms with Crippen molar-refractivity contribution in [1.82, 2.24) is 0 Å². The van der Waals surface area contributed by atoms with Gasteiger partial charge in [-0.2, -0.15) is 0 Å². The maximum absolute atomic E-state index is 3.39. The van der Waals surface area contributed by atoms with Crippen molar-refractivity contribution in [2.24, 2.45) is 0 Å². The van der Waals surface area contributed by atoms with Gasteiger partial charge in [-0.25, -0.2) is 0 Å². The van der Waals surface area contributed by atoms with E-state index in [0.717, 1.165) is 0 Å². The van der Waals surface area contributed by atoms with E-state index in [2.05, 4.69) is 36.4 Å². The van der Waals surface area contributed by atoms with Crippen LogP contribution in [-0.2, 0) is 0 Å². The Kier molecular flexibility index (Phi) is 1.91. The van der Waals surface area contributed by atoms with Crippen molar-refractivity contribution in [3.8, 4) is 0 Å². The van der Waals surface area contributed by atoms with Gasteiger partial charge in [0.2, 0.25) is 0 Å². The average molecular weight is 148 g/mol. The van der Waals surface area contributed by atoms with Crippen LogP contribution < -0.4 is 18.9 Å². The fraction of sp³-hybridized carbons (Fsp3) is 0.273. The van der Waals surface area contributed by atoms with Gasteiger partial charge in [-0.3, -0.25) is 6.08 Å². The fourth-order valence-corrected chi connectivity index (χ4v) is 2.22. The van der Waals surface area contributed by atoms with E-state index in [1.54, 1.807) is 0 Å². The molecule has 0 nitrogen and oxygen atoms in total. The molecule has 0 amide bonds. The first-order valence-electron chi connectivity index (χ1n) is 4.13. The Morgan fingerprint density at radius 3 is 2.67 bits per heavy atom. The molecule has 1 aromatic rings. The summed E-state index contributed by atoms with van der Waals surface area (Å²) in [4.78, 5) is 0. The average Bonchev–Trinajstić information content (AvgIpc) is 2.64. The smallest absolute Gasteiger partial charge is 0.492 e. The summed E-state index contributed by atoms with van der Waals surface area (Å²) in [6.07, 6.45) is 6.89. The van der Waals surface area contributed by atoms with Crippen LogP contribution in [-0.4, -0.2) is 0 Å². The van der Waals surface area contributed by atoms with Crippen molar-refractivity contribution < 1.29 is 18.9 Å². The normalized spacial score (nSPS) is 28.3. The zero-order chi connectivity index (χ0) is 7.26. The SMILES string of the molecule is [C-]1=CC2CC1c1ccccc12.[Li+]. The molecule has 3 rings (SSSR count). The van der Waals surface area contributed by atoms with Gasteiger partial charge in [0.1, 0.15) is 0 Å². The Hall–Kier alpha value is -0.443. The Labute approximate surface area is 84.9 Å². The molecule has 12 heavy (non-hydrogen) atoms. The number of rotatable bonds is 0. The Morgan fingerprint density at radius 1 is 1.17 bits per heavy atom. The van der Waals surface area contributed by atoms with E-state index in [-0.39, 0.29) is 18.9 Å². The molecule has 2 unspecified atom stereocenters. The van der Waals surface area contributed by atoms with Crippen LogP contribution in [0.1, 0.15) is 29.4 Å². The topological polar surface area (TPSA) is 0 Å². The number of benzene rings is 1. The molecule has 0 fully saturated rings. The molecule has 2 aliphatic rings. The van der Waals surface area contributed by atoms with Gasteiger partial charge >= 0.3 is 18.9 Å². The molecule has 0 aromatic heterocycles. The summed E-state index contributed by atoms with van der Waals surface area (Å²) >= 11 is 0. The summed E-state index contributed by atoms with van der Waals surface area (Å²) < 4.78 is 0. The quantitative estimate of drug-likeness (QED) is 0.348. The van der Waals surface area contributed by atoms with Crippen LogP contribution in [0.5, 0.6) is 0 Å². The number of allylic oxidation sites excluding steroid dienone is 2. The Balaban J connectivity index is 0.000000563. The van der Waals surface area contributed by atoms with Gasteiger partial charge in [-0.15, -0.1) is 5.92 Å². The fourth-order valence-electron chi connectivity index (χ4n) is 2.22. The maximum atomic E-state index is 3.39. The van der Waals surface area contributed by atoms with Gasteiger partial charge in [-0.1, -0.05) is 36.2 Å². The van der Waals surface area contributed by atoms with E-state index in [1.165, 1.54) is 17.5 Å². The predicted molar refractivity (Wildman–Crippen MR) is 44.4 cm³/mol. The second-order valence-corrected chi connectivity index (χ2v) is 3.36. The third kappa shape index (κ3) is 0.922. The van der Waals surface area contributed by atoms with Crippen molar-refractivity contribution in [3.63, 3.8) is 0 Å². The standard InChI is InChI=1S/C11H9.Li/c1-2-4-11-9-6-5-8(7-9)10(11)3-1;/h1-5,8-9H,7H2;/q-1;+1. The number of hydrogen-bond acceptors (Lipinski definition) is 0. The van der Waals surface area contributed by atoms with Crippen molar-refractivity contribution in [2.75, 3.05) is 0 Å². The second kappa shape index (κ2) is 2.80. The molecule has 0 heterocycles. The Bertz CT molecular complexity index is 297. The molecule has 0 radical (unpaired) electrons. The molecule has 0 spiro atoms. The molecule has 0 saturated heterocycles. The van der Waals surface area contributed by atoms with Gasteiger partial charge in [0.25, 0.3) is 0 Å². The van der Waals surface area contributed by atoms with Gasteiger partial charge in [0, 0.05) is 0 Å². The zero-order valence-electron chi connectivity index (χ0n) is 7.25. The first-order valence-corrected chi connectivity index (χ1v) is 4.13. The monoisotopic (exact) mass is 148 g/mol. The molecule has 2 atom stereocenters. The molecule has 2 aliphatic carbocycles. The molecular weight excluding hydrogens is 139 g/mol. The van der Waals surface area contributed by atoms with Crippen LogP contribution in [0.25, 0.3) is 0 Å². The first-order chi connectivity index (χ1) is 5.45. The van der Waals surface area contributed by atoms with Gasteiger partial charge in [0.05, 0.1) is 0 Å². The van der Waals surface area contributed by atoms with Crippen molar-refractivity contribution in [3.05, 3.63) is 47.5 Å². The summed E-state index contributed by atoms with van der Waals surface area (Å²) in [6.45, 7) is 0. The van der Waals surface area contributed by atoms with Crippen LogP contribution in [0, 0.1) is 6.08 Å². The minimum atomic E-state index is 0. The molecular formula is C11H9Li. The molecule has 54 valence electrons. The van der Waals surface area contributed by atoms with E-state index >= 15 is 0 Å². The third-order valence-corrected chi connectivity index (χ3v) is 2.76. The Morgan fingerprint density at radius 2 is 1.92 bits per heavy atom. The van der Waals surface area contributed by atoms with Gasteiger partial charge in [-0.05, 0) is 11.5 Å². The summed E-state index contributed by atoms with van der Waals surface area (Å²) in [5.41, 5.74) is 3.05. The van der Waals surface area contributed by atoms with E-state index in [0.29, 0.717) is 11.8 Å². The van der Waals surface area contributed by atoms with Crippen LogP contribution in [0.2, 0.25) is 0 Å². The summed E-state index contributed by atoms with van der Waals surface area (Å²) in [7, 11) is 0. The number of hydrogen-bond donors (Lipinski definition) is 0.